The maximum Gasteiger partial charge on any atom is 0.0845 e. The van der Waals surface area contributed by atoms with Crippen LogP contribution in [0, 0.1) is 0 Å². The summed E-state index contributed by atoms with van der Waals surface area (Å²) in [6.07, 6.45) is 1.66. The fourth-order valence-corrected chi connectivity index (χ4v) is 2.90. The fourth-order valence-electron chi connectivity index (χ4n) is 2.90. The van der Waals surface area contributed by atoms with Crippen LogP contribution in [0.4, 0.5) is 0 Å². The molecule has 1 aromatic heterocycles. The van der Waals surface area contributed by atoms with Crippen molar-refractivity contribution in [3.8, 4) is 0 Å². The van der Waals surface area contributed by atoms with Crippen LogP contribution >= 0.6 is 0 Å². The van der Waals surface area contributed by atoms with Crippen LogP contribution in [0.25, 0.3) is 10.9 Å². The van der Waals surface area contributed by atoms with Gasteiger partial charge in [-0.15, -0.1) is 0 Å². The van der Waals surface area contributed by atoms with E-state index in [1.807, 2.05) is 43.6 Å². The zero-order chi connectivity index (χ0) is 15.4. The third-order valence-corrected chi connectivity index (χ3v) is 3.91. The molecule has 0 saturated carbocycles. The average molecular weight is 294 g/mol. The molecule has 1 heterocycles. The maximum atomic E-state index is 10.4. The Kier molecular flexibility index (Phi) is 4.56. The second-order valence-corrected chi connectivity index (χ2v) is 5.86. The highest BCUT2D eigenvalue weighted by Gasteiger charge is 2.10. The minimum absolute atomic E-state index is 0.385. The summed E-state index contributed by atoms with van der Waals surface area (Å²) in [5.74, 6) is 0. The number of hydrogen-bond donors (Lipinski definition) is 1. The molecule has 0 fully saturated rings. The number of benzene rings is 2. The summed E-state index contributed by atoms with van der Waals surface area (Å²) >= 11 is 0. The molecular formula is C19H22N2O. The van der Waals surface area contributed by atoms with Crippen molar-refractivity contribution in [3.63, 3.8) is 0 Å². The van der Waals surface area contributed by atoms with E-state index in [0.29, 0.717) is 13.1 Å². The van der Waals surface area contributed by atoms with Crippen LogP contribution in [0.1, 0.15) is 5.56 Å². The van der Waals surface area contributed by atoms with E-state index in [1.165, 1.54) is 16.5 Å². The number of hydrogen-bond acceptors (Lipinski definition) is 2. The molecule has 3 aromatic rings. The number of aliphatic hydroxyl groups excluding tert-OH is 1. The van der Waals surface area contributed by atoms with Gasteiger partial charge in [-0.3, -0.25) is 4.90 Å². The van der Waals surface area contributed by atoms with Crippen LogP contribution in [0.2, 0.25) is 0 Å². The Balaban J connectivity index is 1.59. The quantitative estimate of drug-likeness (QED) is 0.756. The molecule has 3 nitrogen and oxygen atoms in total. The first-order valence-corrected chi connectivity index (χ1v) is 7.67. The van der Waals surface area contributed by atoms with Crippen molar-refractivity contribution >= 4 is 10.9 Å². The number of rotatable bonds is 6. The molecule has 0 aliphatic rings. The highest BCUT2D eigenvalue weighted by Crippen LogP contribution is 2.15. The molecule has 0 radical (unpaired) electrons. The van der Waals surface area contributed by atoms with Crippen LogP contribution in [0.15, 0.2) is 66.9 Å². The molecule has 0 saturated heterocycles. The molecule has 0 aliphatic heterocycles. The van der Waals surface area contributed by atoms with E-state index in [4.69, 9.17) is 0 Å². The first kappa shape index (κ1) is 14.8. The van der Waals surface area contributed by atoms with Gasteiger partial charge in [0, 0.05) is 31.3 Å². The van der Waals surface area contributed by atoms with E-state index in [9.17, 15) is 5.11 Å². The highest BCUT2D eigenvalue weighted by atomic mass is 16.3. The smallest absolute Gasteiger partial charge is 0.0845 e. The van der Waals surface area contributed by atoms with E-state index >= 15 is 0 Å². The maximum absolute atomic E-state index is 10.4. The number of aromatic nitrogens is 1. The molecule has 0 bridgehead atoms. The van der Waals surface area contributed by atoms with Crippen molar-refractivity contribution in [2.24, 2.45) is 0 Å². The van der Waals surface area contributed by atoms with Crippen molar-refractivity contribution in [2.75, 3.05) is 13.6 Å². The minimum atomic E-state index is -0.385. The summed E-state index contributed by atoms with van der Waals surface area (Å²) in [6.45, 7) is 2.12. The lowest BCUT2D eigenvalue weighted by atomic mass is 10.2. The predicted molar refractivity (Wildman–Crippen MR) is 90.7 cm³/mol. The lowest BCUT2D eigenvalue weighted by Gasteiger charge is -2.21. The van der Waals surface area contributed by atoms with Gasteiger partial charge in [-0.05, 0) is 30.1 Å². The Hall–Kier alpha value is -2.10. The number of nitrogens with zero attached hydrogens (tertiary/aromatic N) is 2. The summed E-state index contributed by atoms with van der Waals surface area (Å²) in [4.78, 5) is 2.16. The van der Waals surface area contributed by atoms with Gasteiger partial charge in [0.2, 0.25) is 0 Å². The molecule has 1 unspecified atom stereocenters. The molecule has 1 atom stereocenters. The fraction of sp³-hybridized carbons (Fsp3) is 0.263. The molecule has 2 aromatic carbocycles. The van der Waals surface area contributed by atoms with E-state index in [1.54, 1.807) is 0 Å². The monoisotopic (exact) mass is 294 g/mol. The summed E-state index contributed by atoms with van der Waals surface area (Å²) in [5, 5.41) is 11.6. The van der Waals surface area contributed by atoms with Gasteiger partial charge in [-0.25, -0.2) is 0 Å². The van der Waals surface area contributed by atoms with Gasteiger partial charge in [-0.1, -0.05) is 48.5 Å². The second kappa shape index (κ2) is 6.77. The van der Waals surface area contributed by atoms with Gasteiger partial charge in [0.05, 0.1) is 6.10 Å². The van der Waals surface area contributed by atoms with Crippen LogP contribution in [0.3, 0.4) is 0 Å². The van der Waals surface area contributed by atoms with Crippen molar-refractivity contribution in [3.05, 3.63) is 72.4 Å². The average Bonchev–Trinajstić information content (AvgIpc) is 2.91. The SMILES string of the molecule is CN(Cc1ccccc1)CC(O)Cn1ccc2ccccc21. The Labute approximate surface area is 131 Å². The summed E-state index contributed by atoms with van der Waals surface area (Å²) < 4.78 is 2.12. The lowest BCUT2D eigenvalue weighted by molar-refractivity contribution is 0.108. The van der Waals surface area contributed by atoms with E-state index < -0.39 is 0 Å². The molecule has 0 amide bonds. The normalized spacial score (nSPS) is 12.9. The Bertz CT molecular complexity index is 720. The third kappa shape index (κ3) is 3.56. The van der Waals surface area contributed by atoms with Crippen molar-refractivity contribution in [1.29, 1.82) is 0 Å². The summed E-state index contributed by atoms with van der Waals surface area (Å²) in [6, 6.07) is 20.7. The van der Waals surface area contributed by atoms with E-state index in [-0.39, 0.29) is 6.10 Å². The molecule has 0 aliphatic carbocycles. The zero-order valence-corrected chi connectivity index (χ0v) is 12.9. The molecule has 3 heteroatoms. The summed E-state index contributed by atoms with van der Waals surface area (Å²) in [7, 11) is 2.05. The molecular weight excluding hydrogens is 272 g/mol. The van der Waals surface area contributed by atoms with Gasteiger partial charge in [0.15, 0.2) is 0 Å². The predicted octanol–water partition coefficient (Wildman–Crippen LogP) is 3.13. The van der Waals surface area contributed by atoms with Gasteiger partial charge in [0.1, 0.15) is 0 Å². The zero-order valence-electron chi connectivity index (χ0n) is 12.9. The van der Waals surface area contributed by atoms with Crippen LogP contribution < -0.4 is 0 Å². The topological polar surface area (TPSA) is 28.4 Å². The molecule has 114 valence electrons. The molecule has 0 spiro atoms. The Morgan fingerprint density at radius 2 is 1.73 bits per heavy atom. The van der Waals surface area contributed by atoms with Gasteiger partial charge in [-0.2, -0.15) is 0 Å². The van der Waals surface area contributed by atoms with Crippen LogP contribution in [-0.4, -0.2) is 34.3 Å². The number of para-hydroxylation sites is 1. The third-order valence-electron chi connectivity index (χ3n) is 3.91. The van der Waals surface area contributed by atoms with Crippen molar-refractivity contribution < 1.29 is 5.11 Å². The van der Waals surface area contributed by atoms with Gasteiger partial charge >= 0.3 is 0 Å². The molecule has 3 rings (SSSR count). The number of aliphatic hydroxyl groups is 1. The molecule has 1 N–H and O–H groups in total. The number of likely N-dealkylation sites (N-methyl/N-ethyl adjacent to an activating group) is 1. The highest BCUT2D eigenvalue weighted by molar-refractivity contribution is 5.79. The van der Waals surface area contributed by atoms with E-state index in [2.05, 4.69) is 39.8 Å². The van der Waals surface area contributed by atoms with Gasteiger partial charge in [0.25, 0.3) is 0 Å². The first-order valence-electron chi connectivity index (χ1n) is 7.67. The standard InChI is InChI=1S/C19H22N2O/c1-20(13-16-7-3-2-4-8-16)14-18(22)15-21-12-11-17-9-5-6-10-19(17)21/h2-12,18,22H,13-15H2,1H3. The summed E-state index contributed by atoms with van der Waals surface area (Å²) in [5.41, 5.74) is 2.44. The van der Waals surface area contributed by atoms with E-state index in [0.717, 1.165) is 6.54 Å². The van der Waals surface area contributed by atoms with Crippen LogP contribution in [0.5, 0.6) is 0 Å². The Morgan fingerprint density at radius 1 is 1.00 bits per heavy atom. The van der Waals surface area contributed by atoms with Crippen LogP contribution in [-0.2, 0) is 13.1 Å². The molecule has 22 heavy (non-hydrogen) atoms. The van der Waals surface area contributed by atoms with Crippen molar-refractivity contribution in [2.45, 2.75) is 19.2 Å². The minimum Gasteiger partial charge on any atom is -0.390 e. The lowest BCUT2D eigenvalue weighted by Crippen LogP contribution is -2.31. The van der Waals surface area contributed by atoms with Crippen molar-refractivity contribution in [1.82, 2.24) is 9.47 Å². The Morgan fingerprint density at radius 3 is 2.55 bits per heavy atom. The number of fused-ring (bicyclic) bond motifs is 1. The van der Waals surface area contributed by atoms with Gasteiger partial charge < -0.3 is 9.67 Å². The second-order valence-electron chi connectivity index (χ2n) is 5.86. The largest absolute Gasteiger partial charge is 0.390 e. The first-order chi connectivity index (χ1) is 10.7.